The van der Waals surface area contributed by atoms with Crippen LogP contribution in [-0.2, 0) is 10.2 Å². The molecule has 1 aromatic rings. The summed E-state index contributed by atoms with van der Waals surface area (Å²) in [5.74, 6) is -0.264. The van der Waals surface area contributed by atoms with Gasteiger partial charge in [-0.25, -0.2) is 4.79 Å². The van der Waals surface area contributed by atoms with E-state index in [2.05, 4.69) is 38.4 Å². The minimum absolute atomic E-state index is 0.00961. The zero-order valence-electron chi connectivity index (χ0n) is 15.9. The fraction of sp³-hybridized carbons (Fsp3) is 0.550. The van der Waals surface area contributed by atoms with E-state index in [1.165, 1.54) is 0 Å². The summed E-state index contributed by atoms with van der Waals surface area (Å²) in [5.41, 5.74) is 3.13. The van der Waals surface area contributed by atoms with Crippen molar-refractivity contribution in [1.82, 2.24) is 15.8 Å². The Morgan fingerprint density at radius 2 is 1.73 bits per heavy atom. The highest BCUT2D eigenvalue weighted by Crippen LogP contribution is 2.35. The standard InChI is InChI=1S/C20H27N3O3/c1-13-9-11-20(12-10-13)17(25)23(18(26)21-20)22-16(24)14-5-7-15(8-6-14)19(2,3)4/h5-8,13H,9-12H2,1-4H3,(H,21,26)(H,22,24). The third-order valence-corrected chi connectivity index (χ3v) is 5.52. The highest BCUT2D eigenvalue weighted by Gasteiger charge is 2.52. The number of nitrogens with zero attached hydrogens (tertiary/aromatic N) is 1. The summed E-state index contributed by atoms with van der Waals surface area (Å²) in [4.78, 5) is 37.5. The molecule has 2 N–H and O–H groups in total. The maximum absolute atomic E-state index is 12.8. The van der Waals surface area contributed by atoms with Crippen LogP contribution in [0.5, 0.6) is 0 Å². The molecular formula is C20H27N3O3. The molecule has 2 fully saturated rings. The van der Waals surface area contributed by atoms with E-state index in [0.29, 0.717) is 24.3 Å². The van der Waals surface area contributed by atoms with Crippen molar-refractivity contribution in [3.63, 3.8) is 0 Å². The maximum atomic E-state index is 12.8. The molecule has 4 amide bonds. The van der Waals surface area contributed by atoms with Crippen LogP contribution in [0.1, 0.15) is 69.3 Å². The molecule has 1 aliphatic carbocycles. The topological polar surface area (TPSA) is 78.5 Å². The van der Waals surface area contributed by atoms with Gasteiger partial charge in [0.25, 0.3) is 11.8 Å². The number of benzene rings is 1. The first-order chi connectivity index (χ1) is 12.1. The number of nitrogens with one attached hydrogen (secondary N) is 2. The molecule has 6 nitrogen and oxygen atoms in total. The van der Waals surface area contributed by atoms with E-state index in [4.69, 9.17) is 0 Å². The average molecular weight is 357 g/mol. The molecule has 140 valence electrons. The van der Waals surface area contributed by atoms with Crippen LogP contribution in [0.3, 0.4) is 0 Å². The molecule has 0 aromatic heterocycles. The molecule has 3 rings (SSSR count). The van der Waals surface area contributed by atoms with E-state index in [1.54, 1.807) is 12.1 Å². The van der Waals surface area contributed by atoms with E-state index in [0.717, 1.165) is 23.4 Å². The highest BCUT2D eigenvalue weighted by atomic mass is 16.2. The van der Waals surface area contributed by atoms with E-state index < -0.39 is 17.5 Å². The molecular weight excluding hydrogens is 330 g/mol. The fourth-order valence-corrected chi connectivity index (χ4v) is 3.60. The molecule has 1 aromatic carbocycles. The lowest BCUT2D eigenvalue weighted by atomic mass is 9.77. The molecule has 6 heteroatoms. The summed E-state index contributed by atoms with van der Waals surface area (Å²) in [6, 6.07) is 6.67. The van der Waals surface area contributed by atoms with Crippen molar-refractivity contribution in [3.05, 3.63) is 35.4 Å². The van der Waals surface area contributed by atoms with Gasteiger partial charge in [0.1, 0.15) is 5.54 Å². The van der Waals surface area contributed by atoms with Gasteiger partial charge in [-0.15, -0.1) is 0 Å². The Hall–Kier alpha value is -2.37. The van der Waals surface area contributed by atoms with Crippen LogP contribution in [0, 0.1) is 5.92 Å². The van der Waals surface area contributed by atoms with E-state index >= 15 is 0 Å². The quantitative estimate of drug-likeness (QED) is 0.798. The lowest BCUT2D eigenvalue weighted by molar-refractivity contribution is -0.134. The zero-order chi connectivity index (χ0) is 19.1. The normalized spacial score (nSPS) is 26.2. The second kappa shape index (κ2) is 6.41. The van der Waals surface area contributed by atoms with Crippen molar-refractivity contribution in [2.45, 2.75) is 64.3 Å². The smallest absolute Gasteiger partial charge is 0.322 e. The number of carbonyl (C=O) groups is 3. The van der Waals surface area contributed by atoms with Crippen molar-refractivity contribution in [2.24, 2.45) is 5.92 Å². The Morgan fingerprint density at radius 1 is 1.15 bits per heavy atom. The number of amides is 4. The largest absolute Gasteiger partial charge is 0.344 e. The SMILES string of the molecule is CC1CCC2(CC1)NC(=O)N(NC(=O)c1ccc(C(C)(C)C)cc1)C2=O. The Bertz CT molecular complexity index is 726. The van der Waals surface area contributed by atoms with E-state index in [9.17, 15) is 14.4 Å². The van der Waals surface area contributed by atoms with Gasteiger partial charge in [0, 0.05) is 5.56 Å². The van der Waals surface area contributed by atoms with Crippen LogP contribution in [0.15, 0.2) is 24.3 Å². The van der Waals surface area contributed by atoms with Crippen molar-refractivity contribution in [3.8, 4) is 0 Å². The summed E-state index contributed by atoms with van der Waals surface area (Å²) in [7, 11) is 0. The predicted molar refractivity (Wildman–Crippen MR) is 98.3 cm³/mol. The second-order valence-electron chi connectivity index (χ2n) is 8.60. The number of urea groups is 1. The first-order valence-electron chi connectivity index (χ1n) is 9.21. The minimum Gasteiger partial charge on any atom is -0.322 e. The van der Waals surface area contributed by atoms with E-state index in [1.807, 2.05) is 12.1 Å². The maximum Gasteiger partial charge on any atom is 0.344 e. The van der Waals surface area contributed by atoms with Gasteiger partial charge < -0.3 is 5.32 Å². The molecule has 0 radical (unpaired) electrons. The molecule has 1 saturated carbocycles. The summed E-state index contributed by atoms with van der Waals surface area (Å²) < 4.78 is 0. The Balaban J connectivity index is 1.71. The first-order valence-corrected chi connectivity index (χ1v) is 9.21. The Kier molecular flexibility index (Phi) is 4.54. The third-order valence-electron chi connectivity index (χ3n) is 5.52. The zero-order valence-corrected chi connectivity index (χ0v) is 15.9. The minimum atomic E-state index is -0.854. The third kappa shape index (κ3) is 3.32. The van der Waals surface area contributed by atoms with Crippen LogP contribution < -0.4 is 10.7 Å². The van der Waals surface area contributed by atoms with Gasteiger partial charge in [-0.2, -0.15) is 5.01 Å². The lowest BCUT2D eigenvalue weighted by Crippen LogP contribution is -2.51. The summed E-state index contributed by atoms with van der Waals surface area (Å²) >= 11 is 0. The molecule has 1 saturated heterocycles. The molecule has 1 aliphatic heterocycles. The number of hydrogen-bond acceptors (Lipinski definition) is 3. The number of hydrogen-bond donors (Lipinski definition) is 2. The van der Waals surface area contributed by atoms with Crippen LogP contribution in [-0.4, -0.2) is 28.4 Å². The van der Waals surface area contributed by atoms with Crippen LogP contribution in [0.2, 0.25) is 0 Å². The highest BCUT2D eigenvalue weighted by molar-refractivity contribution is 6.09. The number of imide groups is 1. The predicted octanol–water partition coefficient (Wildman–Crippen LogP) is 3.13. The lowest BCUT2D eigenvalue weighted by Gasteiger charge is -2.33. The van der Waals surface area contributed by atoms with Gasteiger partial charge >= 0.3 is 6.03 Å². The van der Waals surface area contributed by atoms with Crippen LogP contribution >= 0.6 is 0 Å². The van der Waals surface area contributed by atoms with Gasteiger partial charge in [0.2, 0.25) is 0 Å². The van der Waals surface area contributed by atoms with Gasteiger partial charge in [-0.1, -0.05) is 39.8 Å². The summed E-state index contributed by atoms with van der Waals surface area (Å²) in [6.07, 6.45) is 3.01. The van der Waals surface area contributed by atoms with Gasteiger partial charge in [0.15, 0.2) is 0 Å². The van der Waals surface area contributed by atoms with Crippen molar-refractivity contribution >= 4 is 17.8 Å². The Morgan fingerprint density at radius 3 is 2.27 bits per heavy atom. The first kappa shape index (κ1) is 18.4. The summed E-state index contributed by atoms with van der Waals surface area (Å²) in [5, 5.41) is 3.64. The number of rotatable bonds is 2. The molecule has 26 heavy (non-hydrogen) atoms. The van der Waals surface area contributed by atoms with Crippen molar-refractivity contribution in [2.75, 3.05) is 0 Å². The van der Waals surface area contributed by atoms with Crippen LogP contribution in [0.4, 0.5) is 4.79 Å². The van der Waals surface area contributed by atoms with Gasteiger partial charge in [0.05, 0.1) is 0 Å². The number of hydrazine groups is 1. The van der Waals surface area contributed by atoms with E-state index in [-0.39, 0.29) is 11.3 Å². The monoisotopic (exact) mass is 357 g/mol. The molecule has 0 bridgehead atoms. The number of carbonyl (C=O) groups excluding carboxylic acids is 3. The molecule has 1 spiro atoms. The Labute approximate surface area is 154 Å². The van der Waals surface area contributed by atoms with Gasteiger partial charge in [-0.3, -0.25) is 15.0 Å². The van der Waals surface area contributed by atoms with Crippen molar-refractivity contribution < 1.29 is 14.4 Å². The van der Waals surface area contributed by atoms with Crippen molar-refractivity contribution in [1.29, 1.82) is 0 Å². The average Bonchev–Trinajstić information content (AvgIpc) is 2.81. The molecule has 0 atom stereocenters. The fourth-order valence-electron chi connectivity index (χ4n) is 3.60. The second-order valence-corrected chi connectivity index (χ2v) is 8.60. The van der Waals surface area contributed by atoms with Crippen LogP contribution in [0.25, 0.3) is 0 Å². The summed E-state index contributed by atoms with van der Waals surface area (Å²) in [6.45, 7) is 8.44. The molecule has 2 aliphatic rings. The molecule has 0 unspecified atom stereocenters. The van der Waals surface area contributed by atoms with Gasteiger partial charge in [-0.05, 0) is 54.7 Å². The molecule has 1 heterocycles.